The second-order valence-corrected chi connectivity index (χ2v) is 9.34. The Balaban J connectivity index is 2.18. The number of urea groups is 1. The molecule has 11 heteroatoms. The Hall–Kier alpha value is -1.30. The summed E-state index contributed by atoms with van der Waals surface area (Å²) in [5, 5.41) is 8.00. The van der Waals surface area contributed by atoms with Crippen molar-refractivity contribution in [3.05, 3.63) is 0 Å². The Kier molecular flexibility index (Phi) is 7.33. The first-order chi connectivity index (χ1) is 12.3. The van der Waals surface area contributed by atoms with Crippen LogP contribution < -0.4 is 9.62 Å². The van der Waals surface area contributed by atoms with E-state index in [0.717, 1.165) is 30.6 Å². The van der Waals surface area contributed by atoms with E-state index in [1.165, 1.54) is 4.90 Å². The molecule has 1 N–H and O–H groups in total. The molecule has 1 aromatic heterocycles. The summed E-state index contributed by atoms with van der Waals surface area (Å²) in [4.78, 5) is 15.7. The number of anilines is 1. The zero-order valence-corrected chi connectivity index (χ0v) is 17.3. The summed E-state index contributed by atoms with van der Waals surface area (Å²) in [7, 11) is -2.13. The molecule has 2 rings (SSSR count). The number of aromatic nitrogens is 2. The first-order valence-electron chi connectivity index (χ1n) is 8.78. The topological polar surface area (TPSA) is 105 Å². The van der Waals surface area contributed by atoms with E-state index in [0.29, 0.717) is 19.6 Å². The number of hydrogen-bond acceptors (Lipinski definition) is 7. The Morgan fingerprint density at radius 1 is 1.38 bits per heavy atom. The number of sulfonamides is 1. The van der Waals surface area contributed by atoms with E-state index in [1.54, 1.807) is 11.9 Å². The number of carbonyl (C=O) groups excluding carboxylic acids is 1. The Bertz CT molecular complexity index is 701. The van der Waals surface area contributed by atoms with E-state index in [1.807, 2.05) is 20.8 Å². The Labute approximate surface area is 158 Å². The SMILES string of the molecule is CCCN(C)C(=O)N(c1nnc(S(=O)(=O)NC2CCCCO2)s1)C(C)C. The van der Waals surface area contributed by atoms with Gasteiger partial charge in [-0.15, -0.1) is 10.2 Å². The zero-order valence-electron chi connectivity index (χ0n) is 15.6. The molecule has 26 heavy (non-hydrogen) atoms. The van der Waals surface area contributed by atoms with Gasteiger partial charge in [0.2, 0.25) is 9.47 Å². The third kappa shape index (κ3) is 5.12. The molecule has 9 nitrogen and oxygen atoms in total. The van der Waals surface area contributed by atoms with Gasteiger partial charge in [0, 0.05) is 26.2 Å². The summed E-state index contributed by atoms with van der Waals surface area (Å²) in [5.41, 5.74) is 0. The van der Waals surface area contributed by atoms with Crippen LogP contribution in [0.15, 0.2) is 4.34 Å². The third-order valence-electron chi connectivity index (χ3n) is 3.91. The molecule has 0 radical (unpaired) electrons. The molecule has 2 amide bonds. The fourth-order valence-electron chi connectivity index (χ4n) is 2.60. The molecule has 0 spiro atoms. The number of hydrogen-bond donors (Lipinski definition) is 1. The van der Waals surface area contributed by atoms with Gasteiger partial charge in [0.15, 0.2) is 0 Å². The predicted molar refractivity (Wildman–Crippen MR) is 99.8 cm³/mol. The van der Waals surface area contributed by atoms with Crippen molar-refractivity contribution in [2.24, 2.45) is 0 Å². The molecule has 1 aliphatic rings. The van der Waals surface area contributed by atoms with Crippen LogP contribution in [0.25, 0.3) is 0 Å². The van der Waals surface area contributed by atoms with Crippen LogP contribution in [0.1, 0.15) is 46.5 Å². The second kappa shape index (κ2) is 9.07. The maximum absolute atomic E-state index is 12.7. The summed E-state index contributed by atoms with van der Waals surface area (Å²) in [5.74, 6) is 0. The smallest absolute Gasteiger partial charge is 0.326 e. The van der Waals surface area contributed by atoms with Crippen molar-refractivity contribution in [2.45, 2.75) is 63.1 Å². The van der Waals surface area contributed by atoms with E-state index >= 15 is 0 Å². The van der Waals surface area contributed by atoms with Gasteiger partial charge < -0.3 is 9.64 Å². The monoisotopic (exact) mass is 405 g/mol. The standard InChI is InChI=1S/C15H27N5O4S2/c1-5-9-19(4)15(21)20(11(2)3)13-16-17-14(25-13)26(22,23)18-12-8-6-7-10-24-12/h11-12,18H,5-10H2,1-4H3. The van der Waals surface area contributed by atoms with Crippen LogP contribution in [-0.2, 0) is 14.8 Å². The van der Waals surface area contributed by atoms with Gasteiger partial charge in [-0.2, -0.15) is 4.72 Å². The number of carbonyl (C=O) groups is 1. The normalized spacial score (nSPS) is 18.1. The number of rotatable bonds is 7. The lowest BCUT2D eigenvalue weighted by atomic mass is 10.2. The van der Waals surface area contributed by atoms with Crippen LogP contribution in [0.4, 0.5) is 9.93 Å². The first kappa shape index (κ1) is 21.0. The van der Waals surface area contributed by atoms with Crippen molar-refractivity contribution in [1.82, 2.24) is 19.8 Å². The molecule has 1 aliphatic heterocycles. The van der Waals surface area contributed by atoms with Crippen LogP contribution in [0.2, 0.25) is 0 Å². The third-order valence-corrected chi connectivity index (χ3v) is 6.65. The molecule has 148 valence electrons. The lowest BCUT2D eigenvalue weighted by Gasteiger charge is -2.28. The molecule has 1 unspecified atom stereocenters. The van der Waals surface area contributed by atoms with Crippen molar-refractivity contribution in [2.75, 3.05) is 25.1 Å². The van der Waals surface area contributed by atoms with Crippen LogP contribution in [0, 0.1) is 0 Å². The Morgan fingerprint density at radius 2 is 2.12 bits per heavy atom. The predicted octanol–water partition coefficient (Wildman–Crippen LogP) is 2.02. The molecule has 0 aromatic carbocycles. The van der Waals surface area contributed by atoms with Crippen molar-refractivity contribution in [1.29, 1.82) is 0 Å². The molecule has 0 saturated carbocycles. The minimum atomic E-state index is -3.84. The van der Waals surface area contributed by atoms with Crippen LogP contribution >= 0.6 is 11.3 Å². The number of ether oxygens (including phenoxy) is 1. The average Bonchev–Trinajstić information content (AvgIpc) is 3.06. The van der Waals surface area contributed by atoms with Crippen LogP contribution in [0.5, 0.6) is 0 Å². The molecular formula is C15H27N5O4S2. The highest BCUT2D eigenvalue weighted by Gasteiger charge is 2.30. The molecule has 1 saturated heterocycles. The fourth-order valence-corrected chi connectivity index (χ4v) is 4.90. The van der Waals surface area contributed by atoms with E-state index in [-0.39, 0.29) is 21.5 Å². The van der Waals surface area contributed by atoms with Crippen molar-refractivity contribution < 1.29 is 17.9 Å². The maximum Gasteiger partial charge on any atom is 0.326 e. The number of amides is 2. The van der Waals surface area contributed by atoms with E-state index < -0.39 is 16.3 Å². The average molecular weight is 406 g/mol. The lowest BCUT2D eigenvalue weighted by molar-refractivity contribution is 0.00954. The summed E-state index contributed by atoms with van der Waals surface area (Å²) in [6.07, 6.45) is 2.75. The summed E-state index contributed by atoms with van der Waals surface area (Å²) in [6.45, 7) is 6.82. The van der Waals surface area contributed by atoms with Gasteiger partial charge in [-0.1, -0.05) is 18.3 Å². The van der Waals surface area contributed by atoms with Crippen molar-refractivity contribution >= 4 is 32.5 Å². The second-order valence-electron chi connectivity index (χ2n) is 6.49. The summed E-state index contributed by atoms with van der Waals surface area (Å²) in [6, 6.07) is -0.412. The van der Waals surface area contributed by atoms with Gasteiger partial charge >= 0.3 is 6.03 Å². The highest BCUT2D eigenvalue weighted by atomic mass is 32.2. The molecule has 0 aliphatic carbocycles. The van der Waals surface area contributed by atoms with Crippen molar-refractivity contribution in [3.8, 4) is 0 Å². The minimum absolute atomic E-state index is 0.168. The number of nitrogens with one attached hydrogen (secondary N) is 1. The summed E-state index contributed by atoms with van der Waals surface area (Å²) < 4.78 is 32.8. The van der Waals surface area contributed by atoms with Gasteiger partial charge in [0.1, 0.15) is 6.23 Å². The highest BCUT2D eigenvalue weighted by Crippen LogP contribution is 2.27. The minimum Gasteiger partial charge on any atom is -0.362 e. The van der Waals surface area contributed by atoms with E-state index in [2.05, 4.69) is 14.9 Å². The first-order valence-corrected chi connectivity index (χ1v) is 11.1. The molecule has 1 atom stereocenters. The lowest BCUT2D eigenvalue weighted by Crippen LogP contribution is -2.45. The molecule has 0 bridgehead atoms. The summed E-state index contributed by atoms with van der Waals surface area (Å²) >= 11 is 0.879. The van der Waals surface area contributed by atoms with Gasteiger partial charge in [0.25, 0.3) is 10.0 Å². The van der Waals surface area contributed by atoms with Gasteiger partial charge in [0.05, 0.1) is 0 Å². The fraction of sp³-hybridized carbons (Fsp3) is 0.800. The maximum atomic E-state index is 12.7. The highest BCUT2D eigenvalue weighted by molar-refractivity contribution is 7.91. The van der Waals surface area contributed by atoms with Crippen LogP contribution in [0.3, 0.4) is 0 Å². The van der Waals surface area contributed by atoms with Crippen molar-refractivity contribution in [3.63, 3.8) is 0 Å². The van der Waals surface area contributed by atoms with Gasteiger partial charge in [-0.3, -0.25) is 4.90 Å². The van der Waals surface area contributed by atoms with Gasteiger partial charge in [-0.05, 0) is 39.5 Å². The molecule has 2 heterocycles. The van der Waals surface area contributed by atoms with Crippen LogP contribution in [-0.4, -0.2) is 62.0 Å². The number of nitrogens with zero attached hydrogens (tertiary/aromatic N) is 4. The zero-order chi connectivity index (χ0) is 19.3. The van der Waals surface area contributed by atoms with E-state index in [9.17, 15) is 13.2 Å². The molecular weight excluding hydrogens is 378 g/mol. The Morgan fingerprint density at radius 3 is 2.69 bits per heavy atom. The van der Waals surface area contributed by atoms with Gasteiger partial charge in [-0.25, -0.2) is 13.2 Å². The quantitative estimate of drug-likeness (QED) is 0.696. The molecule has 1 aromatic rings. The van der Waals surface area contributed by atoms with E-state index in [4.69, 9.17) is 4.74 Å². The molecule has 1 fully saturated rings. The largest absolute Gasteiger partial charge is 0.362 e.